The molecule has 4 aromatic heterocycles. The van der Waals surface area contributed by atoms with Crippen LogP contribution in [0.25, 0.3) is 27.7 Å². The number of nitrogens with one attached hydrogen (secondary N) is 1. The highest BCUT2D eigenvalue weighted by molar-refractivity contribution is 5.94. The van der Waals surface area contributed by atoms with Crippen molar-refractivity contribution in [3.63, 3.8) is 0 Å². The third-order valence-corrected chi connectivity index (χ3v) is 6.78. The second kappa shape index (κ2) is 9.91. The van der Waals surface area contributed by atoms with Crippen molar-refractivity contribution in [3.8, 4) is 11.1 Å². The van der Waals surface area contributed by atoms with E-state index >= 15 is 0 Å². The monoisotopic (exact) mass is 481 g/mol. The molecule has 0 aromatic carbocycles. The van der Waals surface area contributed by atoms with E-state index < -0.39 is 0 Å². The molecule has 1 amide bonds. The first-order valence-electron chi connectivity index (χ1n) is 12.1. The Bertz CT molecular complexity index is 1420. The van der Waals surface area contributed by atoms with Crippen molar-refractivity contribution in [2.75, 3.05) is 39.5 Å². The van der Waals surface area contributed by atoms with E-state index in [2.05, 4.69) is 61.1 Å². The molecule has 0 spiro atoms. The van der Waals surface area contributed by atoms with Gasteiger partial charge in [0.15, 0.2) is 0 Å². The molecule has 8 nitrogen and oxygen atoms in total. The molecule has 1 aliphatic rings. The average molecular weight is 482 g/mol. The number of aryl methyl sites for hydroxylation is 1. The maximum atomic E-state index is 12.1. The van der Waals surface area contributed by atoms with E-state index in [-0.39, 0.29) is 5.91 Å². The number of amides is 1. The smallest absolute Gasteiger partial charge is 0.254 e. The number of nitrogens with zero attached hydrogens (tertiary/aromatic N) is 6. The zero-order valence-corrected chi connectivity index (χ0v) is 21.2. The molecule has 36 heavy (non-hydrogen) atoms. The fourth-order valence-electron chi connectivity index (χ4n) is 4.66. The molecular weight excluding hydrogens is 450 g/mol. The first kappa shape index (κ1) is 23.7. The van der Waals surface area contributed by atoms with Gasteiger partial charge in [0, 0.05) is 83.1 Å². The summed E-state index contributed by atoms with van der Waals surface area (Å²) in [7, 11) is 7.46. The van der Waals surface area contributed by atoms with Gasteiger partial charge in [0.05, 0.1) is 11.3 Å². The van der Waals surface area contributed by atoms with Gasteiger partial charge in [0.25, 0.3) is 5.91 Å². The van der Waals surface area contributed by atoms with Gasteiger partial charge in [0.1, 0.15) is 11.5 Å². The maximum absolute atomic E-state index is 12.1. The van der Waals surface area contributed by atoms with Gasteiger partial charge in [-0.2, -0.15) is 0 Å². The Hall–Kier alpha value is -4.04. The van der Waals surface area contributed by atoms with Crippen LogP contribution in [0.5, 0.6) is 0 Å². The van der Waals surface area contributed by atoms with E-state index in [1.54, 1.807) is 25.2 Å². The largest absolute Gasteiger partial charge is 0.373 e. The summed E-state index contributed by atoms with van der Waals surface area (Å²) in [4.78, 5) is 29.8. The van der Waals surface area contributed by atoms with Crippen LogP contribution in [0, 0.1) is 0 Å². The predicted molar refractivity (Wildman–Crippen MR) is 144 cm³/mol. The lowest BCUT2D eigenvalue weighted by atomic mass is 10.0. The van der Waals surface area contributed by atoms with Crippen molar-refractivity contribution in [1.82, 2.24) is 29.3 Å². The second-order valence-corrected chi connectivity index (χ2v) is 9.32. The summed E-state index contributed by atoms with van der Waals surface area (Å²) in [6, 6.07) is 12.2. The van der Waals surface area contributed by atoms with Crippen LogP contribution >= 0.6 is 0 Å². The highest BCUT2D eigenvalue weighted by Crippen LogP contribution is 2.30. The zero-order valence-electron chi connectivity index (χ0n) is 21.2. The number of hydrogen-bond acceptors (Lipinski definition) is 6. The lowest BCUT2D eigenvalue weighted by molar-refractivity contribution is 0.0827. The molecule has 0 atom stereocenters. The lowest BCUT2D eigenvalue weighted by Gasteiger charge is -2.26. The lowest BCUT2D eigenvalue weighted by Crippen LogP contribution is -2.29. The average Bonchev–Trinajstić information content (AvgIpc) is 3.24. The van der Waals surface area contributed by atoms with Crippen LogP contribution in [-0.2, 0) is 13.6 Å². The number of carbonyl (C=O) groups excluding carboxylic acids is 1. The molecule has 0 bridgehead atoms. The van der Waals surface area contributed by atoms with Gasteiger partial charge in [-0.05, 0) is 54.0 Å². The topological polar surface area (TPSA) is 79.2 Å². The molecule has 184 valence electrons. The number of fused-ring (bicyclic) bond motifs is 1. The maximum Gasteiger partial charge on any atom is 0.254 e. The van der Waals surface area contributed by atoms with Crippen LogP contribution in [0.4, 0.5) is 5.82 Å². The Balaban J connectivity index is 1.32. The van der Waals surface area contributed by atoms with Gasteiger partial charge < -0.3 is 14.8 Å². The van der Waals surface area contributed by atoms with Gasteiger partial charge in [-0.3, -0.25) is 14.7 Å². The van der Waals surface area contributed by atoms with E-state index in [0.717, 1.165) is 59.7 Å². The van der Waals surface area contributed by atoms with E-state index in [0.29, 0.717) is 5.56 Å². The van der Waals surface area contributed by atoms with Crippen LogP contribution < -0.4 is 5.32 Å². The molecule has 0 fully saturated rings. The van der Waals surface area contributed by atoms with Crippen molar-refractivity contribution in [2.24, 2.45) is 7.05 Å². The van der Waals surface area contributed by atoms with Crippen molar-refractivity contribution in [3.05, 3.63) is 78.0 Å². The number of aromatic nitrogens is 4. The summed E-state index contributed by atoms with van der Waals surface area (Å²) in [6.45, 7) is 2.65. The Morgan fingerprint density at radius 2 is 1.94 bits per heavy atom. The van der Waals surface area contributed by atoms with Crippen molar-refractivity contribution in [1.29, 1.82) is 0 Å². The number of carbonyl (C=O) groups is 1. The zero-order chi connectivity index (χ0) is 25.2. The van der Waals surface area contributed by atoms with Crippen LogP contribution in [0.3, 0.4) is 0 Å². The summed E-state index contributed by atoms with van der Waals surface area (Å²) >= 11 is 0. The molecular formula is C28H31N7O. The summed E-state index contributed by atoms with van der Waals surface area (Å²) in [6.07, 6.45) is 8.62. The van der Waals surface area contributed by atoms with Crippen molar-refractivity contribution in [2.45, 2.75) is 13.0 Å². The van der Waals surface area contributed by atoms with E-state index in [1.165, 1.54) is 11.3 Å². The number of anilines is 1. The first-order valence-corrected chi connectivity index (χ1v) is 12.1. The van der Waals surface area contributed by atoms with Crippen molar-refractivity contribution < 1.29 is 4.79 Å². The van der Waals surface area contributed by atoms with Gasteiger partial charge in [0.2, 0.25) is 0 Å². The molecule has 5 rings (SSSR count). The first-order chi connectivity index (χ1) is 17.4. The number of hydrogen-bond donors (Lipinski definition) is 1. The molecule has 1 aliphatic heterocycles. The van der Waals surface area contributed by atoms with Gasteiger partial charge in [-0.1, -0.05) is 6.08 Å². The molecule has 0 radical (unpaired) electrons. The minimum absolute atomic E-state index is 0.0308. The van der Waals surface area contributed by atoms with Crippen LogP contribution in [0.1, 0.15) is 28.2 Å². The standard InChI is InChI=1S/C28H31N7O/c1-29-26-8-6-20(16-32-26)23-9-12-30-27-24(23)15-22(34(27)4)18-35-13-10-19(11-14-35)25-7-5-21(17-31-25)28(36)33(2)3/h5-10,12,15-17H,11,13-14,18H2,1-4H3,(H,29,32). The molecule has 0 aliphatic carbocycles. The van der Waals surface area contributed by atoms with Crippen molar-refractivity contribution >= 4 is 28.3 Å². The minimum atomic E-state index is -0.0308. The highest BCUT2D eigenvalue weighted by atomic mass is 16.2. The molecule has 4 aromatic rings. The minimum Gasteiger partial charge on any atom is -0.373 e. The highest BCUT2D eigenvalue weighted by Gasteiger charge is 2.18. The normalized spacial score (nSPS) is 14.1. The second-order valence-electron chi connectivity index (χ2n) is 9.32. The summed E-state index contributed by atoms with van der Waals surface area (Å²) in [5, 5.41) is 4.21. The third kappa shape index (κ3) is 4.59. The van der Waals surface area contributed by atoms with E-state index in [1.807, 2.05) is 37.6 Å². The SMILES string of the molecule is CNc1ccc(-c2ccnc3c2cc(CN2CC=C(c4ccc(C(=O)N(C)C)cn4)CC2)n3C)cn1. The molecule has 0 saturated carbocycles. The molecule has 0 unspecified atom stereocenters. The Labute approximate surface area is 211 Å². The third-order valence-electron chi connectivity index (χ3n) is 6.78. The number of rotatable bonds is 6. The Morgan fingerprint density at radius 3 is 2.58 bits per heavy atom. The van der Waals surface area contributed by atoms with Gasteiger partial charge >= 0.3 is 0 Å². The molecule has 0 saturated heterocycles. The van der Waals surface area contributed by atoms with Gasteiger partial charge in [-0.25, -0.2) is 9.97 Å². The number of pyridine rings is 3. The summed E-state index contributed by atoms with van der Waals surface area (Å²) in [5.74, 6) is 0.820. The fourth-order valence-corrected chi connectivity index (χ4v) is 4.66. The summed E-state index contributed by atoms with van der Waals surface area (Å²) < 4.78 is 2.19. The van der Waals surface area contributed by atoms with Crippen LogP contribution in [0.2, 0.25) is 0 Å². The molecule has 8 heteroatoms. The Morgan fingerprint density at radius 1 is 1.08 bits per heavy atom. The molecule has 5 heterocycles. The van der Waals surface area contributed by atoms with Crippen LogP contribution in [-0.4, -0.2) is 69.5 Å². The summed E-state index contributed by atoms with van der Waals surface area (Å²) in [5.41, 5.74) is 7.21. The molecule has 1 N–H and O–H groups in total. The quantitative estimate of drug-likeness (QED) is 0.447. The predicted octanol–water partition coefficient (Wildman–Crippen LogP) is 4.06. The van der Waals surface area contributed by atoms with Crippen LogP contribution in [0.15, 0.2) is 61.1 Å². The van der Waals surface area contributed by atoms with E-state index in [9.17, 15) is 4.79 Å². The fraction of sp³-hybridized carbons (Fsp3) is 0.286. The van der Waals surface area contributed by atoms with E-state index in [4.69, 9.17) is 0 Å². The Kier molecular flexibility index (Phi) is 6.52. The van der Waals surface area contributed by atoms with Gasteiger partial charge in [-0.15, -0.1) is 0 Å².